The van der Waals surface area contributed by atoms with Gasteiger partial charge in [0.05, 0.1) is 5.52 Å². The number of aromatic nitrogens is 1. The first-order valence-electron chi connectivity index (χ1n) is 7.28. The van der Waals surface area contributed by atoms with Crippen LogP contribution in [0.1, 0.15) is 21.5 Å². The maximum Gasteiger partial charge on any atom is 0.255 e. The third-order valence-corrected chi connectivity index (χ3v) is 3.96. The predicted molar refractivity (Wildman–Crippen MR) is 86.7 cm³/mol. The van der Waals surface area contributed by atoms with Crippen molar-refractivity contribution in [1.29, 1.82) is 0 Å². The topological polar surface area (TPSA) is 54.0 Å². The Bertz CT molecular complexity index is 873. The molecule has 22 heavy (non-hydrogen) atoms. The summed E-state index contributed by atoms with van der Waals surface area (Å²) in [4.78, 5) is 16.7. The van der Waals surface area contributed by atoms with Crippen LogP contribution in [0.2, 0.25) is 0 Å². The number of hydrogen-bond acceptors (Lipinski definition) is 3. The molecule has 4 rings (SSSR count). The van der Waals surface area contributed by atoms with Crippen molar-refractivity contribution in [2.75, 3.05) is 5.32 Å². The number of anilines is 1. The third kappa shape index (κ3) is 2.34. The Morgan fingerprint density at radius 2 is 1.95 bits per heavy atom. The summed E-state index contributed by atoms with van der Waals surface area (Å²) in [5.41, 5.74) is 4.91. The van der Waals surface area contributed by atoms with E-state index in [0.717, 1.165) is 29.7 Å². The zero-order valence-electron chi connectivity index (χ0n) is 12.0. The van der Waals surface area contributed by atoms with E-state index in [2.05, 4.69) is 21.7 Å². The van der Waals surface area contributed by atoms with Crippen LogP contribution in [0.4, 0.5) is 5.69 Å². The lowest BCUT2D eigenvalue weighted by molar-refractivity contribution is 0.102. The van der Waals surface area contributed by atoms with Crippen molar-refractivity contribution < 1.29 is 4.79 Å². The smallest absolute Gasteiger partial charge is 0.255 e. The Balaban J connectivity index is 1.60. The largest absolute Gasteiger partial charge is 0.322 e. The summed E-state index contributed by atoms with van der Waals surface area (Å²) in [5.74, 6) is -0.100. The highest BCUT2D eigenvalue weighted by Crippen LogP contribution is 2.21. The molecular formula is C18H15N3O. The molecule has 0 bridgehead atoms. The normalized spacial score (nSPS) is 13.1. The van der Waals surface area contributed by atoms with E-state index in [1.54, 1.807) is 12.3 Å². The number of carbonyl (C=O) groups is 1. The zero-order valence-corrected chi connectivity index (χ0v) is 12.0. The highest BCUT2D eigenvalue weighted by atomic mass is 16.1. The lowest BCUT2D eigenvalue weighted by Gasteiger charge is -2.08. The Morgan fingerprint density at radius 1 is 1.05 bits per heavy atom. The molecule has 4 heteroatoms. The number of rotatable bonds is 2. The van der Waals surface area contributed by atoms with Crippen molar-refractivity contribution in [2.24, 2.45) is 0 Å². The molecule has 0 atom stereocenters. The molecule has 2 N–H and O–H groups in total. The van der Waals surface area contributed by atoms with Crippen LogP contribution in [0.25, 0.3) is 10.9 Å². The van der Waals surface area contributed by atoms with E-state index in [1.807, 2.05) is 36.4 Å². The Labute approximate surface area is 128 Å². The minimum atomic E-state index is -0.100. The summed E-state index contributed by atoms with van der Waals surface area (Å²) < 4.78 is 0. The number of carbonyl (C=O) groups excluding carboxylic acids is 1. The van der Waals surface area contributed by atoms with E-state index in [0.29, 0.717) is 5.56 Å². The van der Waals surface area contributed by atoms with Gasteiger partial charge in [-0.1, -0.05) is 12.1 Å². The van der Waals surface area contributed by atoms with Crippen molar-refractivity contribution in [2.45, 2.75) is 13.1 Å². The molecule has 0 unspecified atom stereocenters. The lowest BCUT2D eigenvalue weighted by atomic mass is 10.1. The van der Waals surface area contributed by atoms with Gasteiger partial charge in [-0.25, -0.2) is 0 Å². The highest BCUT2D eigenvalue weighted by Gasteiger charge is 2.12. The quantitative estimate of drug-likeness (QED) is 0.762. The maximum absolute atomic E-state index is 12.4. The molecule has 0 saturated carbocycles. The minimum Gasteiger partial charge on any atom is -0.322 e. The Kier molecular flexibility index (Phi) is 3.09. The van der Waals surface area contributed by atoms with E-state index >= 15 is 0 Å². The predicted octanol–water partition coefficient (Wildman–Crippen LogP) is 3.09. The number of pyridine rings is 1. The van der Waals surface area contributed by atoms with Gasteiger partial charge < -0.3 is 10.6 Å². The van der Waals surface area contributed by atoms with Crippen LogP contribution in [0, 0.1) is 0 Å². The molecular weight excluding hydrogens is 274 g/mol. The lowest BCUT2D eigenvalue weighted by Crippen LogP contribution is -2.12. The summed E-state index contributed by atoms with van der Waals surface area (Å²) in [6.07, 6.45) is 1.75. The molecule has 0 saturated heterocycles. The van der Waals surface area contributed by atoms with Gasteiger partial charge in [0.2, 0.25) is 0 Å². The standard InChI is InChI=1S/C18H15N3O/c22-18(13-4-6-17-12(8-13)2-1-7-20-17)21-16-5-3-14-10-19-11-15(14)9-16/h1-9,19H,10-11H2,(H,21,22). The molecule has 2 aromatic carbocycles. The Hall–Kier alpha value is -2.72. The van der Waals surface area contributed by atoms with Gasteiger partial charge in [-0.2, -0.15) is 0 Å². The summed E-state index contributed by atoms with van der Waals surface area (Å²) in [6.45, 7) is 1.77. The van der Waals surface area contributed by atoms with E-state index in [-0.39, 0.29) is 5.91 Å². The molecule has 1 aliphatic rings. The van der Waals surface area contributed by atoms with Crippen LogP contribution in [0.15, 0.2) is 54.7 Å². The van der Waals surface area contributed by atoms with Crippen LogP contribution in [0.5, 0.6) is 0 Å². The first-order chi connectivity index (χ1) is 10.8. The second-order valence-electron chi connectivity index (χ2n) is 5.45. The molecule has 108 valence electrons. The van der Waals surface area contributed by atoms with Crippen LogP contribution < -0.4 is 10.6 Å². The monoisotopic (exact) mass is 289 g/mol. The molecule has 0 spiro atoms. The number of benzene rings is 2. The molecule has 1 aromatic heterocycles. The van der Waals surface area contributed by atoms with Crippen molar-refractivity contribution in [3.05, 3.63) is 71.4 Å². The fourth-order valence-corrected chi connectivity index (χ4v) is 2.79. The second kappa shape index (κ2) is 5.24. The molecule has 0 aliphatic carbocycles. The van der Waals surface area contributed by atoms with Gasteiger partial charge in [0.1, 0.15) is 0 Å². The fraction of sp³-hybridized carbons (Fsp3) is 0.111. The van der Waals surface area contributed by atoms with Gasteiger partial charge >= 0.3 is 0 Å². The van der Waals surface area contributed by atoms with Gasteiger partial charge in [0.25, 0.3) is 5.91 Å². The third-order valence-electron chi connectivity index (χ3n) is 3.96. The molecule has 0 fully saturated rings. The van der Waals surface area contributed by atoms with E-state index in [9.17, 15) is 4.79 Å². The SMILES string of the molecule is O=C(Nc1ccc2c(c1)CNC2)c1ccc2ncccc2c1. The van der Waals surface area contributed by atoms with Crippen molar-refractivity contribution in [3.63, 3.8) is 0 Å². The highest BCUT2D eigenvalue weighted by molar-refractivity contribution is 6.06. The first-order valence-corrected chi connectivity index (χ1v) is 7.28. The number of nitrogens with zero attached hydrogens (tertiary/aromatic N) is 1. The number of hydrogen-bond donors (Lipinski definition) is 2. The number of amides is 1. The van der Waals surface area contributed by atoms with E-state index in [1.165, 1.54) is 11.1 Å². The molecule has 0 radical (unpaired) electrons. The number of fused-ring (bicyclic) bond motifs is 2. The molecule has 2 heterocycles. The molecule has 4 nitrogen and oxygen atoms in total. The minimum absolute atomic E-state index is 0.100. The first kappa shape index (κ1) is 13.0. The average Bonchev–Trinajstić information content (AvgIpc) is 3.02. The summed E-state index contributed by atoms with van der Waals surface area (Å²) >= 11 is 0. The maximum atomic E-state index is 12.4. The summed E-state index contributed by atoms with van der Waals surface area (Å²) in [7, 11) is 0. The Morgan fingerprint density at radius 3 is 2.91 bits per heavy atom. The number of nitrogens with one attached hydrogen (secondary N) is 2. The van der Waals surface area contributed by atoms with Crippen LogP contribution in [-0.2, 0) is 13.1 Å². The molecule has 1 amide bonds. The van der Waals surface area contributed by atoms with Crippen molar-refractivity contribution in [1.82, 2.24) is 10.3 Å². The van der Waals surface area contributed by atoms with Crippen LogP contribution in [0.3, 0.4) is 0 Å². The zero-order chi connectivity index (χ0) is 14.9. The van der Waals surface area contributed by atoms with Gasteiger partial charge in [-0.3, -0.25) is 9.78 Å². The van der Waals surface area contributed by atoms with Gasteiger partial charge in [-0.15, -0.1) is 0 Å². The second-order valence-corrected chi connectivity index (χ2v) is 5.45. The van der Waals surface area contributed by atoms with Crippen molar-refractivity contribution >= 4 is 22.5 Å². The van der Waals surface area contributed by atoms with Gasteiger partial charge in [0.15, 0.2) is 0 Å². The van der Waals surface area contributed by atoms with E-state index < -0.39 is 0 Å². The fourth-order valence-electron chi connectivity index (χ4n) is 2.79. The molecule has 1 aliphatic heterocycles. The van der Waals surface area contributed by atoms with Crippen LogP contribution in [-0.4, -0.2) is 10.9 Å². The summed E-state index contributed by atoms with van der Waals surface area (Å²) in [6, 6.07) is 15.4. The van der Waals surface area contributed by atoms with Crippen molar-refractivity contribution in [3.8, 4) is 0 Å². The van der Waals surface area contributed by atoms with E-state index in [4.69, 9.17) is 0 Å². The van der Waals surface area contributed by atoms with Gasteiger partial charge in [-0.05, 0) is 47.5 Å². The average molecular weight is 289 g/mol. The summed E-state index contributed by atoms with van der Waals surface area (Å²) in [5, 5.41) is 7.23. The van der Waals surface area contributed by atoms with Gasteiger partial charge in [0, 0.05) is 35.9 Å². The molecule has 3 aromatic rings. The van der Waals surface area contributed by atoms with Crippen LogP contribution >= 0.6 is 0 Å².